The first-order valence-corrected chi connectivity index (χ1v) is 9.97. The van der Waals surface area contributed by atoms with E-state index < -0.39 is 18.5 Å². The van der Waals surface area contributed by atoms with Gasteiger partial charge in [0.05, 0.1) is 0 Å². The molecule has 30 heavy (non-hydrogen) atoms. The Hall–Kier alpha value is -2.89. The Balaban J connectivity index is 2.58. The molecule has 1 atom stereocenters. The van der Waals surface area contributed by atoms with Crippen LogP contribution in [-0.2, 0) is 4.79 Å². The molecule has 0 radical (unpaired) electrons. The molecule has 1 heterocycles. The minimum atomic E-state index is -1.15. The van der Waals surface area contributed by atoms with E-state index in [9.17, 15) is 14.7 Å². The molecule has 6 nitrogen and oxygen atoms in total. The number of pyridine rings is 1. The molecule has 0 aliphatic rings. The number of allylic oxidation sites excluding steroid dienone is 1. The van der Waals surface area contributed by atoms with Gasteiger partial charge in [-0.05, 0) is 29.7 Å². The van der Waals surface area contributed by atoms with Crippen molar-refractivity contribution >= 4 is 22.8 Å². The van der Waals surface area contributed by atoms with Gasteiger partial charge in [-0.3, -0.25) is 0 Å². The highest BCUT2D eigenvalue weighted by molar-refractivity contribution is 5.92. The third-order valence-corrected chi connectivity index (χ3v) is 4.87. The van der Waals surface area contributed by atoms with Gasteiger partial charge in [0.15, 0.2) is 6.61 Å². The third-order valence-electron chi connectivity index (χ3n) is 4.87. The molecule has 1 aromatic carbocycles. The number of carboxylic acid groups (broad SMARTS) is 2. The number of nitrogens with zero attached hydrogens (tertiary/aromatic N) is 1. The van der Waals surface area contributed by atoms with Crippen molar-refractivity contribution < 1.29 is 24.5 Å². The van der Waals surface area contributed by atoms with Crippen LogP contribution in [0.25, 0.3) is 10.9 Å². The molecule has 0 bridgehead atoms. The highest BCUT2D eigenvalue weighted by Gasteiger charge is 2.30. The minimum Gasteiger partial charge on any atom is -0.479 e. The Morgan fingerprint density at radius 1 is 1.13 bits per heavy atom. The summed E-state index contributed by atoms with van der Waals surface area (Å²) in [5.74, 6) is -2.08. The van der Waals surface area contributed by atoms with E-state index in [0.29, 0.717) is 16.7 Å². The maximum absolute atomic E-state index is 11.4. The molecule has 1 aromatic heterocycles. The summed E-state index contributed by atoms with van der Waals surface area (Å²) < 4.78 is 5.64. The van der Waals surface area contributed by atoms with Gasteiger partial charge < -0.3 is 14.9 Å². The number of aliphatic carboxylic acids is 1. The standard InChI is InChI=1S/C24H31NO5/c1-7-15(12-24(5,6)14-23(2,3)4)17-10-8-16-9-11-18(22(28)29)25-20(16)21(17)30-13-19(26)27/h7-11,15H,1,12-14H2,2-6H3,(H,26,27)(H,28,29). The fourth-order valence-corrected chi connectivity index (χ4v) is 4.30. The summed E-state index contributed by atoms with van der Waals surface area (Å²) in [5.41, 5.74) is 1.12. The molecule has 0 saturated carbocycles. The Kier molecular flexibility index (Phi) is 6.91. The monoisotopic (exact) mass is 413 g/mol. The van der Waals surface area contributed by atoms with Gasteiger partial charge in [0.1, 0.15) is 17.0 Å². The van der Waals surface area contributed by atoms with Gasteiger partial charge in [-0.2, -0.15) is 0 Å². The van der Waals surface area contributed by atoms with Gasteiger partial charge in [-0.1, -0.05) is 58.9 Å². The second-order valence-electron chi connectivity index (χ2n) is 9.69. The molecule has 0 amide bonds. The molecule has 2 rings (SSSR count). The zero-order valence-corrected chi connectivity index (χ0v) is 18.4. The molecule has 0 spiro atoms. The second-order valence-corrected chi connectivity index (χ2v) is 9.69. The molecule has 2 N–H and O–H groups in total. The van der Waals surface area contributed by atoms with E-state index in [1.165, 1.54) is 6.07 Å². The number of carboxylic acids is 2. The summed E-state index contributed by atoms with van der Waals surface area (Å²) in [6, 6.07) is 6.81. The Bertz CT molecular complexity index is 956. The molecular formula is C24H31NO5. The molecule has 2 aromatic rings. The van der Waals surface area contributed by atoms with Gasteiger partial charge >= 0.3 is 11.9 Å². The topological polar surface area (TPSA) is 96.7 Å². The minimum absolute atomic E-state index is 0.00747. The number of carbonyl (C=O) groups is 2. The molecular weight excluding hydrogens is 382 g/mol. The molecule has 6 heteroatoms. The zero-order valence-electron chi connectivity index (χ0n) is 18.4. The number of rotatable bonds is 9. The van der Waals surface area contributed by atoms with Crippen LogP contribution in [0.15, 0.2) is 36.9 Å². The van der Waals surface area contributed by atoms with Crippen molar-refractivity contribution in [3.8, 4) is 5.75 Å². The number of hydrogen-bond acceptors (Lipinski definition) is 4. The van der Waals surface area contributed by atoms with Crippen molar-refractivity contribution in [1.29, 1.82) is 0 Å². The van der Waals surface area contributed by atoms with E-state index in [0.717, 1.165) is 18.4 Å². The van der Waals surface area contributed by atoms with Crippen LogP contribution in [0.1, 0.15) is 69.4 Å². The summed E-state index contributed by atoms with van der Waals surface area (Å²) in [6.45, 7) is 14.5. The lowest BCUT2D eigenvalue weighted by Gasteiger charge is -2.35. The molecule has 0 fully saturated rings. The fraction of sp³-hybridized carbons (Fsp3) is 0.458. The van der Waals surface area contributed by atoms with E-state index in [1.807, 2.05) is 18.2 Å². The van der Waals surface area contributed by atoms with Crippen LogP contribution in [0.3, 0.4) is 0 Å². The van der Waals surface area contributed by atoms with Crippen molar-refractivity contribution in [3.63, 3.8) is 0 Å². The van der Waals surface area contributed by atoms with Gasteiger partial charge in [0.25, 0.3) is 0 Å². The first-order valence-electron chi connectivity index (χ1n) is 9.97. The van der Waals surface area contributed by atoms with Gasteiger partial charge in [-0.15, -0.1) is 6.58 Å². The van der Waals surface area contributed by atoms with Crippen LogP contribution in [0.5, 0.6) is 5.75 Å². The summed E-state index contributed by atoms with van der Waals surface area (Å²) in [7, 11) is 0. The first-order chi connectivity index (χ1) is 13.8. The van der Waals surface area contributed by atoms with Crippen LogP contribution in [-0.4, -0.2) is 33.7 Å². The normalized spacial score (nSPS) is 13.1. The van der Waals surface area contributed by atoms with E-state index in [2.05, 4.69) is 46.2 Å². The van der Waals surface area contributed by atoms with Crippen LogP contribution < -0.4 is 4.74 Å². The van der Waals surface area contributed by atoms with Crippen molar-refractivity contribution in [2.75, 3.05) is 6.61 Å². The average Bonchev–Trinajstić information content (AvgIpc) is 2.61. The van der Waals surface area contributed by atoms with E-state index in [-0.39, 0.29) is 22.4 Å². The molecule has 0 saturated heterocycles. The number of hydrogen-bond donors (Lipinski definition) is 2. The number of aromatic nitrogens is 1. The summed E-state index contributed by atoms with van der Waals surface area (Å²) in [4.78, 5) is 26.8. The molecule has 0 aliphatic carbocycles. The lowest BCUT2D eigenvalue weighted by molar-refractivity contribution is -0.139. The largest absolute Gasteiger partial charge is 0.479 e. The fourth-order valence-electron chi connectivity index (χ4n) is 4.30. The average molecular weight is 414 g/mol. The summed E-state index contributed by atoms with van der Waals surface area (Å²) in [5, 5.41) is 19.1. The molecule has 1 unspecified atom stereocenters. The Labute approximate surface area is 177 Å². The third kappa shape index (κ3) is 6.05. The van der Waals surface area contributed by atoms with Crippen LogP contribution >= 0.6 is 0 Å². The van der Waals surface area contributed by atoms with E-state index in [4.69, 9.17) is 9.84 Å². The maximum atomic E-state index is 11.4. The number of fused-ring (bicyclic) bond motifs is 1. The second kappa shape index (κ2) is 8.86. The highest BCUT2D eigenvalue weighted by atomic mass is 16.5. The predicted octanol–water partition coefficient (Wildman–Crippen LogP) is 5.52. The zero-order chi connectivity index (χ0) is 22.7. The highest BCUT2D eigenvalue weighted by Crippen LogP contribution is 2.44. The van der Waals surface area contributed by atoms with Crippen LogP contribution in [0.4, 0.5) is 0 Å². The van der Waals surface area contributed by atoms with E-state index in [1.54, 1.807) is 6.07 Å². The van der Waals surface area contributed by atoms with Crippen LogP contribution in [0.2, 0.25) is 0 Å². The quantitative estimate of drug-likeness (QED) is 0.526. The molecule has 162 valence electrons. The maximum Gasteiger partial charge on any atom is 0.354 e. The van der Waals surface area contributed by atoms with Crippen molar-refractivity contribution in [1.82, 2.24) is 4.98 Å². The van der Waals surface area contributed by atoms with Crippen molar-refractivity contribution in [2.24, 2.45) is 10.8 Å². The number of ether oxygens (including phenoxy) is 1. The first kappa shape index (κ1) is 23.4. The summed E-state index contributed by atoms with van der Waals surface area (Å²) in [6.07, 6.45) is 3.60. The SMILES string of the molecule is C=CC(CC(C)(C)CC(C)(C)C)c1ccc2ccc(C(=O)O)nc2c1OCC(=O)O. The van der Waals surface area contributed by atoms with Crippen molar-refractivity contribution in [2.45, 2.75) is 53.4 Å². The van der Waals surface area contributed by atoms with E-state index >= 15 is 0 Å². The lowest BCUT2D eigenvalue weighted by atomic mass is 9.70. The van der Waals surface area contributed by atoms with Gasteiger partial charge in [0.2, 0.25) is 0 Å². The number of aromatic carboxylic acids is 1. The van der Waals surface area contributed by atoms with Crippen molar-refractivity contribution in [3.05, 3.63) is 48.2 Å². The van der Waals surface area contributed by atoms with Gasteiger partial charge in [-0.25, -0.2) is 14.6 Å². The molecule has 0 aliphatic heterocycles. The van der Waals surface area contributed by atoms with Gasteiger partial charge in [0, 0.05) is 16.9 Å². The Morgan fingerprint density at radius 2 is 1.77 bits per heavy atom. The lowest BCUT2D eigenvalue weighted by Crippen LogP contribution is -2.23. The number of benzene rings is 1. The summed E-state index contributed by atoms with van der Waals surface area (Å²) >= 11 is 0. The van der Waals surface area contributed by atoms with Crippen LogP contribution in [0, 0.1) is 10.8 Å². The predicted molar refractivity (Wildman–Crippen MR) is 117 cm³/mol. The Morgan fingerprint density at radius 3 is 2.30 bits per heavy atom. The smallest absolute Gasteiger partial charge is 0.354 e.